The third kappa shape index (κ3) is 4.66. The highest BCUT2D eigenvalue weighted by Gasteiger charge is 2.27. The SMILES string of the molecule is CCOC(=O)c1ccc(-n2c(O)c(/C=N/NC(=O)C3COc4ccccc4O3)c3ccccc3c2=O)cc1. The molecule has 0 saturated heterocycles. The van der Waals surface area contributed by atoms with Crippen LogP contribution in [0.4, 0.5) is 0 Å². The van der Waals surface area contributed by atoms with Gasteiger partial charge < -0.3 is 19.3 Å². The van der Waals surface area contributed by atoms with Crippen molar-refractivity contribution in [1.29, 1.82) is 0 Å². The number of fused-ring (bicyclic) bond motifs is 2. The van der Waals surface area contributed by atoms with Gasteiger partial charge in [0.1, 0.15) is 6.61 Å². The molecular formula is C28H23N3O7. The van der Waals surface area contributed by atoms with E-state index in [0.717, 1.165) is 4.57 Å². The Morgan fingerprint density at radius 3 is 2.47 bits per heavy atom. The van der Waals surface area contributed by atoms with Crippen molar-refractivity contribution in [2.75, 3.05) is 13.2 Å². The molecule has 0 saturated carbocycles. The van der Waals surface area contributed by atoms with Gasteiger partial charge in [0.2, 0.25) is 12.0 Å². The van der Waals surface area contributed by atoms with Gasteiger partial charge in [-0.05, 0) is 49.4 Å². The summed E-state index contributed by atoms with van der Waals surface area (Å²) in [6.07, 6.45) is 0.343. The summed E-state index contributed by atoms with van der Waals surface area (Å²) in [6.45, 7) is 1.95. The summed E-state index contributed by atoms with van der Waals surface area (Å²) in [5.41, 5.74) is 2.79. The number of hydrogen-bond donors (Lipinski definition) is 2. The van der Waals surface area contributed by atoms with E-state index in [0.29, 0.717) is 33.5 Å². The average Bonchev–Trinajstić information content (AvgIpc) is 2.95. The molecule has 1 aliphatic rings. The largest absolute Gasteiger partial charge is 0.494 e. The van der Waals surface area contributed by atoms with Gasteiger partial charge in [0.05, 0.1) is 29.6 Å². The van der Waals surface area contributed by atoms with Crippen molar-refractivity contribution in [2.24, 2.45) is 5.10 Å². The number of carbonyl (C=O) groups excluding carboxylic acids is 2. The maximum atomic E-state index is 13.3. The van der Waals surface area contributed by atoms with Crippen molar-refractivity contribution in [3.05, 3.63) is 94.3 Å². The third-order valence-electron chi connectivity index (χ3n) is 5.91. The molecule has 1 unspecified atom stereocenters. The zero-order valence-electron chi connectivity index (χ0n) is 20.3. The number of aromatic nitrogens is 1. The molecule has 3 aromatic carbocycles. The van der Waals surface area contributed by atoms with E-state index in [1.165, 1.54) is 30.5 Å². The predicted octanol–water partition coefficient (Wildman–Crippen LogP) is 3.16. The zero-order valence-corrected chi connectivity index (χ0v) is 20.3. The number of rotatable bonds is 6. The van der Waals surface area contributed by atoms with E-state index in [-0.39, 0.29) is 24.7 Å². The summed E-state index contributed by atoms with van der Waals surface area (Å²) in [4.78, 5) is 37.9. The second kappa shape index (κ2) is 10.5. The number of esters is 1. The summed E-state index contributed by atoms with van der Waals surface area (Å²) in [6, 6.07) is 19.8. The van der Waals surface area contributed by atoms with Gasteiger partial charge >= 0.3 is 5.97 Å². The third-order valence-corrected chi connectivity index (χ3v) is 5.91. The molecular weight excluding hydrogens is 490 g/mol. The number of aromatic hydroxyl groups is 1. The summed E-state index contributed by atoms with van der Waals surface area (Å²) >= 11 is 0. The molecule has 38 heavy (non-hydrogen) atoms. The number of hydrogen-bond acceptors (Lipinski definition) is 8. The number of amides is 1. The molecule has 0 fully saturated rings. The minimum atomic E-state index is -0.917. The number of benzene rings is 3. The van der Waals surface area contributed by atoms with Gasteiger partial charge in [-0.2, -0.15) is 5.10 Å². The van der Waals surface area contributed by atoms with Crippen LogP contribution in [0.25, 0.3) is 16.5 Å². The van der Waals surface area contributed by atoms with Crippen LogP contribution in [0.1, 0.15) is 22.8 Å². The first-order valence-electron chi connectivity index (χ1n) is 11.8. The molecule has 0 spiro atoms. The number of para-hydroxylation sites is 2. The second-order valence-corrected chi connectivity index (χ2v) is 8.29. The Morgan fingerprint density at radius 2 is 1.74 bits per heavy atom. The number of carbonyl (C=O) groups is 2. The van der Waals surface area contributed by atoms with Crippen LogP contribution < -0.4 is 20.5 Å². The molecule has 4 aromatic rings. The molecule has 1 aliphatic heterocycles. The number of nitrogens with zero attached hydrogens (tertiary/aromatic N) is 2. The van der Waals surface area contributed by atoms with Crippen molar-refractivity contribution in [1.82, 2.24) is 9.99 Å². The van der Waals surface area contributed by atoms with Gasteiger partial charge in [0, 0.05) is 10.8 Å². The maximum Gasteiger partial charge on any atom is 0.338 e. The standard InChI is InChI=1S/C28H23N3O7/c1-2-36-28(35)17-11-13-18(14-12-17)31-26(33)20-8-4-3-7-19(20)21(27(31)34)15-29-30-25(32)24-16-37-22-9-5-6-10-23(22)38-24/h3-15,24,34H,2,16H2,1H3,(H,30,32)/b29-15+. The predicted molar refractivity (Wildman–Crippen MR) is 139 cm³/mol. The zero-order chi connectivity index (χ0) is 26.6. The van der Waals surface area contributed by atoms with Gasteiger partial charge in [0.15, 0.2) is 11.5 Å². The van der Waals surface area contributed by atoms with Crippen LogP contribution in [0.2, 0.25) is 0 Å². The molecule has 1 atom stereocenters. The Morgan fingerprint density at radius 1 is 1.05 bits per heavy atom. The molecule has 10 nitrogen and oxygen atoms in total. The number of hydrazone groups is 1. The van der Waals surface area contributed by atoms with Crippen molar-refractivity contribution < 1.29 is 28.9 Å². The van der Waals surface area contributed by atoms with E-state index in [2.05, 4.69) is 10.5 Å². The smallest absolute Gasteiger partial charge is 0.338 e. The van der Waals surface area contributed by atoms with Crippen LogP contribution in [0, 0.1) is 0 Å². The van der Waals surface area contributed by atoms with Gasteiger partial charge in [-0.1, -0.05) is 30.3 Å². The Balaban J connectivity index is 1.44. The highest BCUT2D eigenvalue weighted by Crippen LogP contribution is 2.31. The van der Waals surface area contributed by atoms with E-state index in [9.17, 15) is 19.5 Å². The topological polar surface area (TPSA) is 128 Å². The van der Waals surface area contributed by atoms with Crippen molar-refractivity contribution in [3.8, 4) is 23.1 Å². The molecule has 1 aromatic heterocycles. The maximum absolute atomic E-state index is 13.3. The Hall–Kier alpha value is -5.12. The van der Waals surface area contributed by atoms with E-state index in [1.54, 1.807) is 55.5 Å². The van der Waals surface area contributed by atoms with Crippen LogP contribution >= 0.6 is 0 Å². The summed E-state index contributed by atoms with van der Waals surface area (Å²) in [5.74, 6) is -0.417. The minimum absolute atomic E-state index is 0.0131. The molecule has 2 N–H and O–H groups in total. The van der Waals surface area contributed by atoms with E-state index >= 15 is 0 Å². The minimum Gasteiger partial charge on any atom is -0.494 e. The van der Waals surface area contributed by atoms with Crippen LogP contribution in [-0.4, -0.2) is 47.1 Å². The fourth-order valence-corrected chi connectivity index (χ4v) is 4.07. The summed E-state index contributed by atoms with van der Waals surface area (Å²) in [5, 5.41) is 15.9. The van der Waals surface area contributed by atoms with Gasteiger partial charge in [-0.15, -0.1) is 0 Å². The number of ether oxygens (including phenoxy) is 3. The van der Waals surface area contributed by atoms with Crippen LogP contribution in [0.3, 0.4) is 0 Å². The molecule has 10 heteroatoms. The Bertz CT molecular complexity index is 1610. The van der Waals surface area contributed by atoms with E-state index < -0.39 is 23.5 Å². The normalized spacial score (nSPS) is 14.4. The molecule has 0 radical (unpaired) electrons. The van der Waals surface area contributed by atoms with Crippen molar-refractivity contribution >= 4 is 28.9 Å². The lowest BCUT2D eigenvalue weighted by molar-refractivity contribution is -0.130. The summed E-state index contributed by atoms with van der Waals surface area (Å²) in [7, 11) is 0. The van der Waals surface area contributed by atoms with Crippen LogP contribution in [-0.2, 0) is 9.53 Å². The molecule has 1 amide bonds. The lowest BCUT2D eigenvalue weighted by Crippen LogP contribution is -2.42. The quantitative estimate of drug-likeness (QED) is 0.230. The number of nitrogens with one attached hydrogen (secondary N) is 1. The monoisotopic (exact) mass is 513 g/mol. The Kier molecular flexibility index (Phi) is 6.77. The second-order valence-electron chi connectivity index (χ2n) is 8.29. The van der Waals surface area contributed by atoms with Crippen molar-refractivity contribution in [2.45, 2.75) is 13.0 Å². The first-order chi connectivity index (χ1) is 18.5. The molecule has 192 valence electrons. The van der Waals surface area contributed by atoms with Gasteiger partial charge in [-0.25, -0.2) is 14.8 Å². The molecule has 2 heterocycles. The van der Waals surface area contributed by atoms with Crippen molar-refractivity contribution in [3.63, 3.8) is 0 Å². The first-order valence-corrected chi connectivity index (χ1v) is 11.8. The lowest BCUT2D eigenvalue weighted by Gasteiger charge is -2.24. The van der Waals surface area contributed by atoms with Gasteiger partial charge in [-0.3, -0.25) is 9.59 Å². The Labute approximate surface area is 216 Å². The van der Waals surface area contributed by atoms with E-state index in [4.69, 9.17) is 14.2 Å². The molecule has 0 bridgehead atoms. The fourth-order valence-electron chi connectivity index (χ4n) is 4.07. The van der Waals surface area contributed by atoms with Gasteiger partial charge in [0.25, 0.3) is 11.5 Å². The molecule has 0 aliphatic carbocycles. The lowest BCUT2D eigenvalue weighted by atomic mass is 10.1. The van der Waals surface area contributed by atoms with Crippen LogP contribution in [0.15, 0.2) is 82.7 Å². The fraction of sp³-hybridized carbons (Fsp3) is 0.143. The highest BCUT2D eigenvalue weighted by atomic mass is 16.6. The highest BCUT2D eigenvalue weighted by molar-refractivity contribution is 6.02. The van der Waals surface area contributed by atoms with E-state index in [1.807, 2.05) is 0 Å². The molecule has 5 rings (SSSR count). The van der Waals surface area contributed by atoms with Crippen LogP contribution in [0.5, 0.6) is 17.4 Å². The number of pyridine rings is 1. The summed E-state index contributed by atoms with van der Waals surface area (Å²) < 4.78 is 17.4. The first kappa shape index (κ1) is 24.6. The average molecular weight is 514 g/mol.